The summed E-state index contributed by atoms with van der Waals surface area (Å²) in [5, 5.41) is 3.44. The molecule has 0 radical (unpaired) electrons. The van der Waals surface area contributed by atoms with Crippen LogP contribution in [0.25, 0.3) is 0 Å². The van der Waals surface area contributed by atoms with Crippen molar-refractivity contribution in [3.63, 3.8) is 0 Å². The molecule has 1 aliphatic rings. The van der Waals surface area contributed by atoms with E-state index in [1.165, 1.54) is 31.4 Å². The van der Waals surface area contributed by atoms with Crippen molar-refractivity contribution in [3.8, 4) is 0 Å². The van der Waals surface area contributed by atoms with E-state index in [2.05, 4.69) is 49.2 Å². The normalized spacial score (nSPS) is 16.4. The van der Waals surface area contributed by atoms with Crippen molar-refractivity contribution in [1.29, 1.82) is 0 Å². The second kappa shape index (κ2) is 7.75. The Morgan fingerprint density at radius 2 is 1.95 bits per heavy atom. The molecule has 1 saturated carbocycles. The number of hydrogen-bond donors (Lipinski definition) is 1. The molecule has 2 rings (SSSR count). The fourth-order valence-electron chi connectivity index (χ4n) is 3.00. The van der Waals surface area contributed by atoms with Crippen molar-refractivity contribution in [2.75, 3.05) is 6.54 Å². The van der Waals surface area contributed by atoms with Gasteiger partial charge in [0.15, 0.2) is 0 Å². The highest BCUT2D eigenvalue weighted by atomic mass is 15.2. The number of pyridine rings is 1. The van der Waals surface area contributed by atoms with Gasteiger partial charge in [-0.05, 0) is 31.5 Å². The van der Waals surface area contributed by atoms with E-state index >= 15 is 0 Å². The van der Waals surface area contributed by atoms with Gasteiger partial charge < -0.3 is 5.32 Å². The van der Waals surface area contributed by atoms with E-state index in [1.807, 2.05) is 0 Å². The molecule has 0 aromatic carbocycles. The zero-order valence-electron chi connectivity index (χ0n) is 13.2. The summed E-state index contributed by atoms with van der Waals surface area (Å²) in [6.07, 6.45) is 5.52. The van der Waals surface area contributed by atoms with Gasteiger partial charge in [0.1, 0.15) is 0 Å². The number of nitrogens with one attached hydrogen (secondary N) is 1. The fraction of sp³-hybridized carbons (Fsp3) is 0.706. The van der Waals surface area contributed by atoms with E-state index in [0.29, 0.717) is 6.04 Å². The van der Waals surface area contributed by atoms with Crippen molar-refractivity contribution in [3.05, 3.63) is 29.6 Å². The van der Waals surface area contributed by atoms with Gasteiger partial charge in [-0.25, -0.2) is 0 Å². The molecule has 0 amide bonds. The predicted octanol–water partition coefficient (Wildman–Crippen LogP) is 3.34. The SMILES string of the molecule is CCN(Cc1cccc(CNC(C)C)n1)C1CCCC1. The largest absolute Gasteiger partial charge is 0.309 e. The van der Waals surface area contributed by atoms with Crippen molar-refractivity contribution in [2.45, 2.75) is 71.6 Å². The van der Waals surface area contributed by atoms with Crippen LogP contribution in [0.2, 0.25) is 0 Å². The number of aromatic nitrogens is 1. The molecule has 112 valence electrons. The zero-order chi connectivity index (χ0) is 14.4. The molecule has 1 heterocycles. The first-order valence-corrected chi connectivity index (χ1v) is 8.11. The lowest BCUT2D eigenvalue weighted by Gasteiger charge is -2.27. The van der Waals surface area contributed by atoms with Crippen LogP contribution >= 0.6 is 0 Å². The van der Waals surface area contributed by atoms with Crippen molar-refractivity contribution in [2.24, 2.45) is 0 Å². The van der Waals surface area contributed by atoms with Gasteiger partial charge in [0.25, 0.3) is 0 Å². The van der Waals surface area contributed by atoms with Crippen molar-refractivity contribution in [1.82, 2.24) is 15.2 Å². The van der Waals surface area contributed by atoms with Crippen LogP contribution in [-0.4, -0.2) is 28.5 Å². The minimum absolute atomic E-state index is 0.506. The van der Waals surface area contributed by atoms with Crippen LogP contribution in [-0.2, 0) is 13.1 Å². The van der Waals surface area contributed by atoms with Crippen LogP contribution in [0.4, 0.5) is 0 Å². The Balaban J connectivity index is 1.95. The van der Waals surface area contributed by atoms with Gasteiger partial charge in [0.2, 0.25) is 0 Å². The Morgan fingerprint density at radius 3 is 2.60 bits per heavy atom. The second-order valence-corrected chi connectivity index (χ2v) is 6.16. The molecule has 1 aromatic heterocycles. The molecule has 1 aliphatic carbocycles. The lowest BCUT2D eigenvalue weighted by Crippen LogP contribution is -2.33. The van der Waals surface area contributed by atoms with Crippen LogP contribution < -0.4 is 5.32 Å². The third kappa shape index (κ3) is 4.57. The van der Waals surface area contributed by atoms with Gasteiger partial charge in [-0.2, -0.15) is 0 Å². The molecule has 3 heteroatoms. The van der Waals surface area contributed by atoms with Crippen LogP contribution in [0, 0.1) is 0 Å². The first-order chi connectivity index (χ1) is 9.69. The summed E-state index contributed by atoms with van der Waals surface area (Å²) >= 11 is 0. The molecule has 1 N–H and O–H groups in total. The van der Waals surface area contributed by atoms with Gasteiger partial charge >= 0.3 is 0 Å². The maximum absolute atomic E-state index is 4.80. The van der Waals surface area contributed by atoms with Gasteiger partial charge in [0.05, 0.1) is 11.4 Å². The van der Waals surface area contributed by atoms with Crippen molar-refractivity contribution < 1.29 is 0 Å². The van der Waals surface area contributed by atoms with E-state index in [1.54, 1.807) is 0 Å². The minimum atomic E-state index is 0.506. The minimum Gasteiger partial charge on any atom is -0.309 e. The highest BCUT2D eigenvalue weighted by Crippen LogP contribution is 2.24. The quantitative estimate of drug-likeness (QED) is 0.827. The molecule has 0 bridgehead atoms. The topological polar surface area (TPSA) is 28.2 Å². The number of hydrogen-bond acceptors (Lipinski definition) is 3. The maximum Gasteiger partial charge on any atom is 0.0547 e. The Bertz CT molecular complexity index is 397. The summed E-state index contributed by atoms with van der Waals surface area (Å²) in [4.78, 5) is 7.39. The summed E-state index contributed by atoms with van der Waals surface area (Å²) in [7, 11) is 0. The summed E-state index contributed by atoms with van der Waals surface area (Å²) in [6, 6.07) is 7.70. The molecule has 0 spiro atoms. The van der Waals surface area contributed by atoms with Gasteiger partial charge in [-0.15, -0.1) is 0 Å². The highest BCUT2D eigenvalue weighted by Gasteiger charge is 2.21. The lowest BCUT2D eigenvalue weighted by atomic mass is 10.2. The first kappa shape index (κ1) is 15.5. The molecule has 0 unspecified atom stereocenters. The maximum atomic E-state index is 4.80. The molecule has 1 fully saturated rings. The van der Waals surface area contributed by atoms with Crippen LogP contribution in [0.15, 0.2) is 18.2 Å². The Kier molecular flexibility index (Phi) is 5.99. The lowest BCUT2D eigenvalue weighted by molar-refractivity contribution is 0.198. The Hall–Kier alpha value is -0.930. The Morgan fingerprint density at radius 1 is 1.25 bits per heavy atom. The average Bonchev–Trinajstić information content (AvgIpc) is 2.97. The third-order valence-corrected chi connectivity index (χ3v) is 4.17. The smallest absolute Gasteiger partial charge is 0.0547 e. The standard InChI is InChI=1S/C17H29N3/c1-4-20(17-10-5-6-11-17)13-16-9-7-8-15(19-16)12-18-14(2)3/h7-9,14,17-18H,4-6,10-13H2,1-3H3. The number of rotatable bonds is 7. The molecule has 3 nitrogen and oxygen atoms in total. The first-order valence-electron chi connectivity index (χ1n) is 8.11. The monoisotopic (exact) mass is 275 g/mol. The Labute approximate surface area is 123 Å². The van der Waals surface area contributed by atoms with Crippen molar-refractivity contribution >= 4 is 0 Å². The molecule has 0 saturated heterocycles. The highest BCUT2D eigenvalue weighted by molar-refractivity contribution is 5.11. The summed E-state index contributed by atoms with van der Waals surface area (Å²) in [5.41, 5.74) is 2.36. The molecule has 1 aromatic rings. The average molecular weight is 275 g/mol. The summed E-state index contributed by atoms with van der Waals surface area (Å²) in [6.45, 7) is 9.59. The van der Waals surface area contributed by atoms with Gasteiger partial charge in [-0.3, -0.25) is 9.88 Å². The summed E-state index contributed by atoms with van der Waals surface area (Å²) < 4.78 is 0. The predicted molar refractivity (Wildman–Crippen MR) is 84.6 cm³/mol. The van der Waals surface area contributed by atoms with Crippen LogP contribution in [0.3, 0.4) is 0 Å². The third-order valence-electron chi connectivity index (χ3n) is 4.17. The fourth-order valence-corrected chi connectivity index (χ4v) is 3.00. The van der Waals surface area contributed by atoms with E-state index < -0.39 is 0 Å². The molecular formula is C17H29N3. The van der Waals surface area contributed by atoms with Crippen LogP contribution in [0.1, 0.15) is 57.8 Å². The van der Waals surface area contributed by atoms with E-state index in [9.17, 15) is 0 Å². The van der Waals surface area contributed by atoms with E-state index in [4.69, 9.17) is 4.98 Å². The van der Waals surface area contributed by atoms with Gasteiger partial charge in [-0.1, -0.05) is 39.7 Å². The summed E-state index contributed by atoms with van der Waals surface area (Å²) in [5.74, 6) is 0. The van der Waals surface area contributed by atoms with E-state index in [-0.39, 0.29) is 0 Å². The number of nitrogens with zero attached hydrogens (tertiary/aromatic N) is 2. The molecule has 0 aliphatic heterocycles. The molecule has 20 heavy (non-hydrogen) atoms. The zero-order valence-corrected chi connectivity index (χ0v) is 13.2. The van der Waals surface area contributed by atoms with Crippen LogP contribution in [0.5, 0.6) is 0 Å². The van der Waals surface area contributed by atoms with Gasteiger partial charge in [0, 0.05) is 25.2 Å². The van der Waals surface area contributed by atoms with E-state index in [0.717, 1.165) is 31.4 Å². The molecular weight excluding hydrogens is 246 g/mol. The molecule has 0 atom stereocenters. The second-order valence-electron chi connectivity index (χ2n) is 6.16.